The first-order valence-corrected chi connectivity index (χ1v) is 6.88. The fourth-order valence-electron chi connectivity index (χ4n) is 2.78. The molecule has 1 aliphatic rings. The monoisotopic (exact) mass is 262 g/mol. The van der Waals surface area contributed by atoms with E-state index in [9.17, 15) is 9.90 Å². The van der Waals surface area contributed by atoms with Gasteiger partial charge in [0, 0.05) is 6.54 Å². The zero-order valence-electron chi connectivity index (χ0n) is 11.2. The molecule has 1 saturated carbocycles. The van der Waals surface area contributed by atoms with E-state index in [1.165, 1.54) is 12.8 Å². The predicted molar refractivity (Wildman–Crippen MR) is 74.8 cm³/mol. The molecule has 1 aromatic rings. The molecule has 1 aliphatic carbocycles. The van der Waals surface area contributed by atoms with E-state index in [1.54, 1.807) is 18.2 Å². The number of carbonyl (C=O) groups is 1. The van der Waals surface area contributed by atoms with E-state index in [0.717, 1.165) is 18.4 Å². The van der Waals surface area contributed by atoms with E-state index >= 15 is 0 Å². The van der Waals surface area contributed by atoms with Crippen molar-refractivity contribution in [1.82, 2.24) is 5.32 Å². The molecular weight excluding hydrogens is 240 g/mol. The van der Waals surface area contributed by atoms with Crippen LogP contribution in [0.3, 0.4) is 0 Å². The van der Waals surface area contributed by atoms with Gasteiger partial charge in [-0.15, -0.1) is 0 Å². The van der Waals surface area contributed by atoms with Crippen LogP contribution in [0.25, 0.3) is 0 Å². The van der Waals surface area contributed by atoms with Gasteiger partial charge in [-0.25, -0.2) is 0 Å². The molecule has 1 aromatic carbocycles. The molecule has 19 heavy (non-hydrogen) atoms. The molecule has 0 bridgehead atoms. The molecule has 0 spiro atoms. The van der Waals surface area contributed by atoms with Gasteiger partial charge in [0.1, 0.15) is 5.75 Å². The number of nitrogens with two attached hydrogens (primary N) is 1. The maximum Gasteiger partial charge on any atom is 0.224 e. The molecule has 1 fully saturated rings. The highest BCUT2D eigenvalue weighted by Crippen LogP contribution is 2.36. The summed E-state index contributed by atoms with van der Waals surface area (Å²) in [4.78, 5) is 11.9. The van der Waals surface area contributed by atoms with Crippen molar-refractivity contribution in [2.24, 2.45) is 11.1 Å². The van der Waals surface area contributed by atoms with E-state index in [0.29, 0.717) is 19.5 Å². The Kier molecular flexibility index (Phi) is 4.43. The number of aromatic hydroxyl groups is 1. The van der Waals surface area contributed by atoms with Crippen LogP contribution in [0.2, 0.25) is 0 Å². The maximum atomic E-state index is 11.9. The Morgan fingerprint density at radius 3 is 2.74 bits per heavy atom. The Labute approximate surface area is 114 Å². The summed E-state index contributed by atoms with van der Waals surface area (Å²) in [6.07, 6.45) is 4.93. The summed E-state index contributed by atoms with van der Waals surface area (Å²) in [5.74, 6) is 0.185. The minimum Gasteiger partial charge on any atom is -0.508 e. The Morgan fingerprint density at radius 2 is 2.11 bits per heavy atom. The molecule has 4 nitrogen and oxygen atoms in total. The van der Waals surface area contributed by atoms with Crippen LogP contribution in [0.4, 0.5) is 0 Å². The Hall–Kier alpha value is -1.55. The van der Waals surface area contributed by atoms with Crippen molar-refractivity contribution in [2.75, 3.05) is 13.1 Å². The quantitative estimate of drug-likeness (QED) is 0.754. The number of hydrogen-bond acceptors (Lipinski definition) is 3. The van der Waals surface area contributed by atoms with Crippen LogP contribution in [-0.4, -0.2) is 24.1 Å². The summed E-state index contributed by atoms with van der Waals surface area (Å²) in [5, 5.41) is 12.3. The minimum absolute atomic E-state index is 0.00896. The third-order valence-electron chi connectivity index (χ3n) is 4.03. The molecule has 104 valence electrons. The van der Waals surface area contributed by atoms with Gasteiger partial charge in [0.25, 0.3) is 0 Å². The zero-order chi connectivity index (χ0) is 13.7. The lowest BCUT2D eigenvalue weighted by Crippen LogP contribution is -2.41. The molecule has 4 N–H and O–H groups in total. The molecule has 0 unspecified atom stereocenters. The normalized spacial score (nSPS) is 17.3. The summed E-state index contributed by atoms with van der Waals surface area (Å²) in [6, 6.07) is 6.81. The first-order chi connectivity index (χ1) is 9.13. The van der Waals surface area contributed by atoms with Crippen molar-refractivity contribution < 1.29 is 9.90 Å². The molecule has 4 heteroatoms. The second-order valence-corrected chi connectivity index (χ2v) is 5.53. The van der Waals surface area contributed by atoms with Crippen molar-refractivity contribution in [3.05, 3.63) is 29.8 Å². The SMILES string of the molecule is NCC1(CNC(=O)Cc2cccc(O)c2)CCCC1. The number of phenols is 1. The highest BCUT2D eigenvalue weighted by molar-refractivity contribution is 5.78. The van der Waals surface area contributed by atoms with Crippen LogP contribution in [0, 0.1) is 5.41 Å². The van der Waals surface area contributed by atoms with E-state index in [1.807, 2.05) is 6.07 Å². The van der Waals surface area contributed by atoms with Gasteiger partial charge in [-0.05, 0) is 42.5 Å². The van der Waals surface area contributed by atoms with Gasteiger partial charge in [-0.1, -0.05) is 25.0 Å². The lowest BCUT2D eigenvalue weighted by molar-refractivity contribution is -0.120. The first kappa shape index (κ1) is 13.9. The molecule has 2 rings (SSSR count). The van der Waals surface area contributed by atoms with Crippen LogP contribution in [0.5, 0.6) is 5.75 Å². The van der Waals surface area contributed by atoms with Gasteiger partial charge in [-0.3, -0.25) is 4.79 Å². The van der Waals surface area contributed by atoms with E-state index in [4.69, 9.17) is 5.73 Å². The fourth-order valence-corrected chi connectivity index (χ4v) is 2.78. The number of hydrogen-bond donors (Lipinski definition) is 3. The maximum absolute atomic E-state index is 11.9. The molecule has 0 saturated heterocycles. The Bertz CT molecular complexity index is 440. The minimum atomic E-state index is -0.00896. The molecule has 0 aromatic heterocycles. The number of nitrogens with one attached hydrogen (secondary N) is 1. The van der Waals surface area contributed by atoms with Crippen LogP contribution in [0.15, 0.2) is 24.3 Å². The Morgan fingerprint density at radius 1 is 1.37 bits per heavy atom. The summed E-state index contributed by atoms with van der Waals surface area (Å²) >= 11 is 0. The smallest absolute Gasteiger partial charge is 0.224 e. The highest BCUT2D eigenvalue weighted by atomic mass is 16.3. The standard InChI is InChI=1S/C15H22N2O2/c16-10-15(6-1-2-7-15)11-17-14(19)9-12-4-3-5-13(18)8-12/h3-5,8,18H,1-2,6-7,9-11,16H2,(H,17,19). The molecular formula is C15H22N2O2. The third-order valence-corrected chi connectivity index (χ3v) is 4.03. The number of phenolic OH excluding ortho intramolecular Hbond substituents is 1. The van der Waals surface area contributed by atoms with E-state index < -0.39 is 0 Å². The second kappa shape index (κ2) is 6.06. The number of amides is 1. The zero-order valence-corrected chi connectivity index (χ0v) is 11.2. The molecule has 0 atom stereocenters. The number of benzene rings is 1. The van der Waals surface area contributed by atoms with E-state index in [-0.39, 0.29) is 17.1 Å². The van der Waals surface area contributed by atoms with Crippen molar-refractivity contribution >= 4 is 5.91 Å². The van der Waals surface area contributed by atoms with Crippen LogP contribution in [-0.2, 0) is 11.2 Å². The second-order valence-electron chi connectivity index (χ2n) is 5.53. The third kappa shape index (κ3) is 3.70. The van der Waals surface area contributed by atoms with Gasteiger partial charge in [0.2, 0.25) is 5.91 Å². The average Bonchev–Trinajstić information content (AvgIpc) is 2.86. The summed E-state index contributed by atoms with van der Waals surface area (Å²) in [5.41, 5.74) is 6.77. The van der Waals surface area contributed by atoms with Crippen molar-refractivity contribution in [3.8, 4) is 5.75 Å². The largest absolute Gasteiger partial charge is 0.508 e. The van der Waals surface area contributed by atoms with Crippen molar-refractivity contribution in [3.63, 3.8) is 0 Å². The van der Waals surface area contributed by atoms with Gasteiger partial charge in [0.05, 0.1) is 6.42 Å². The Balaban J connectivity index is 1.84. The summed E-state index contributed by atoms with van der Waals surface area (Å²) in [6.45, 7) is 1.31. The highest BCUT2D eigenvalue weighted by Gasteiger charge is 2.32. The molecule has 0 aliphatic heterocycles. The molecule has 1 amide bonds. The first-order valence-electron chi connectivity index (χ1n) is 6.88. The topological polar surface area (TPSA) is 75.3 Å². The summed E-state index contributed by atoms with van der Waals surface area (Å²) in [7, 11) is 0. The van der Waals surface area contributed by atoms with Gasteiger partial charge >= 0.3 is 0 Å². The molecule has 0 radical (unpaired) electrons. The van der Waals surface area contributed by atoms with Gasteiger partial charge in [-0.2, -0.15) is 0 Å². The lowest BCUT2D eigenvalue weighted by atomic mass is 9.86. The van der Waals surface area contributed by atoms with Crippen LogP contribution in [0.1, 0.15) is 31.2 Å². The lowest BCUT2D eigenvalue weighted by Gasteiger charge is -2.27. The van der Waals surface area contributed by atoms with Crippen molar-refractivity contribution in [2.45, 2.75) is 32.1 Å². The number of rotatable bonds is 5. The summed E-state index contributed by atoms with van der Waals surface area (Å²) < 4.78 is 0. The van der Waals surface area contributed by atoms with Gasteiger partial charge in [0.15, 0.2) is 0 Å². The van der Waals surface area contributed by atoms with Crippen LogP contribution < -0.4 is 11.1 Å². The van der Waals surface area contributed by atoms with Gasteiger partial charge < -0.3 is 16.2 Å². The number of carbonyl (C=O) groups excluding carboxylic acids is 1. The van der Waals surface area contributed by atoms with Crippen molar-refractivity contribution in [1.29, 1.82) is 0 Å². The van der Waals surface area contributed by atoms with Crippen LogP contribution >= 0.6 is 0 Å². The predicted octanol–water partition coefficient (Wildman–Crippen LogP) is 1.57. The molecule has 0 heterocycles. The fraction of sp³-hybridized carbons (Fsp3) is 0.533. The average molecular weight is 262 g/mol. The van der Waals surface area contributed by atoms with E-state index in [2.05, 4.69) is 5.32 Å².